The van der Waals surface area contributed by atoms with Crippen molar-refractivity contribution in [2.24, 2.45) is 5.92 Å². The summed E-state index contributed by atoms with van der Waals surface area (Å²) in [5.74, 6) is -0.391. The minimum atomic E-state index is -0.543. The normalized spacial score (nSPS) is 10.8. The van der Waals surface area contributed by atoms with Crippen LogP contribution in [0.15, 0.2) is 18.3 Å². The lowest BCUT2D eigenvalue weighted by atomic mass is 9.90. The van der Waals surface area contributed by atoms with Crippen LogP contribution in [0, 0.1) is 11.9 Å². The lowest BCUT2D eigenvalue weighted by molar-refractivity contribution is 0.0904. The molecule has 1 aromatic rings. The van der Waals surface area contributed by atoms with Crippen molar-refractivity contribution in [1.29, 1.82) is 0 Å². The van der Waals surface area contributed by atoms with Gasteiger partial charge >= 0.3 is 0 Å². The van der Waals surface area contributed by atoms with E-state index >= 15 is 0 Å². The van der Waals surface area contributed by atoms with Gasteiger partial charge in [0.1, 0.15) is 0 Å². The Bertz CT molecular complexity index is 328. The second-order valence-corrected chi connectivity index (χ2v) is 4.01. The molecule has 0 aromatic carbocycles. The van der Waals surface area contributed by atoms with Gasteiger partial charge in [-0.2, -0.15) is 4.39 Å². The molecule has 0 aliphatic carbocycles. The van der Waals surface area contributed by atoms with Crippen LogP contribution in [0.4, 0.5) is 4.39 Å². The summed E-state index contributed by atoms with van der Waals surface area (Å²) in [5.41, 5.74) is 0.522. The highest BCUT2D eigenvalue weighted by Crippen LogP contribution is 2.19. The number of carbonyl (C=O) groups excluding carboxylic acids is 1. The van der Waals surface area contributed by atoms with Gasteiger partial charge in [-0.25, -0.2) is 4.98 Å². The molecule has 0 saturated heterocycles. The van der Waals surface area contributed by atoms with Crippen molar-refractivity contribution >= 4 is 5.78 Å². The van der Waals surface area contributed by atoms with E-state index in [0.717, 1.165) is 25.7 Å². The van der Waals surface area contributed by atoms with Gasteiger partial charge in [0.2, 0.25) is 5.95 Å². The van der Waals surface area contributed by atoms with E-state index in [9.17, 15) is 9.18 Å². The number of hydrogen-bond acceptors (Lipinski definition) is 2. The average molecular weight is 223 g/mol. The molecule has 16 heavy (non-hydrogen) atoms. The maximum Gasteiger partial charge on any atom is 0.212 e. The third-order valence-electron chi connectivity index (χ3n) is 2.66. The van der Waals surface area contributed by atoms with E-state index in [0.29, 0.717) is 5.56 Å². The van der Waals surface area contributed by atoms with Crippen LogP contribution in [0.25, 0.3) is 0 Å². The monoisotopic (exact) mass is 223 g/mol. The van der Waals surface area contributed by atoms with E-state index in [1.165, 1.54) is 18.3 Å². The topological polar surface area (TPSA) is 30.0 Å². The van der Waals surface area contributed by atoms with Crippen molar-refractivity contribution in [1.82, 2.24) is 4.98 Å². The molecule has 0 unspecified atom stereocenters. The highest BCUT2D eigenvalue weighted by atomic mass is 19.1. The summed E-state index contributed by atoms with van der Waals surface area (Å²) in [4.78, 5) is 15.6. The van der Waals surface area contributed by atoms with Crippen molar-refractivity contribution in [2.75, 3.05) is 0 Å². The van der Waals surface area contributed by atoms with Gasteiger partial charge in [-0.1, -0.05) is 26.7 Å². The minimum Gasteiger partial charge on any atom is -0.294 e. The maximum atomic E-state index is 12.6. The first-order valence-corrected chi connectivity index (χ1v) is 5.84. The third-order valence-corrected chi connectivity index (χ3v) is 2.66. The van der Waals surface area contributed by atoms with Crippen molar-refractivity contribution in [3.8, 4) is 0 Å². The summed E-state index contributed by atoms with van der Waals surface area (Å²) in [6, 6.07) is 2.76. The number of hydrogen-bond donors (Lipinski definition) is 0. The van der Waals surface area contributed by atoms with Gasteiger partial charge in [-0.05, 0) is 25.0 Å². The average Bonchev–Trinajstić information content (AvgIpc) is 2.29. The number of rotatable bonds is 6. The summed E-state index contributed by atoms with van der Waals surface area (Å²) in [7, 11) is 0. The molecule has 1 aromatic heterocycles. The molecule has 1 heterocycles. The predicted molar refractivity (Wildman–Crippen MR) is 61.8 cm³/mol. The van der Waals surface area contributed by atoms with Crippen LogP contribution < -0.4 is 0 Å². The van der Waals surface area contributed by atoms with Crippen LogP contribution in [0.1, 0.15) is 49.9 Å². The Morgan fingerprint density at radius 3 is 2.38 bits per heavy atom. The minimum absolute atomic E-state index is 0.0576. The maximum absolute atomic E-state index is 12.6. The van der Waals surface area contributed by atoms with Gasteiger partial charge in [-0.15, -0.1) is 0 Å². The third kappa shape index (κ3) is 3.40. The molecule has 0 aliphatic rings. The molecule has 0 atom stereocenters. The first-order valence-electron chi connectivity index (χ1n) is 5.84. The van der Waals surface area contributed by atoms with E-state index < -0.39 is 5.95 Å². The van der Waals surface area contributed by atoms with Gasteiger partial charge in [0.05, 0.1) is 0 Å². The Morgan fingerprint density at radius 2 is 1.94 bits per heavy atom. The molecule has 88 valence electrons. The van der Waals surface area contributed by atoms with Crippen molar-refractivity contribution in [3.05, 3.63) is 29.8 Å². The highest BCUT2D eigenvalue weighted by molar-refractivity contribution is 5.97. The van der Waals surface area contributed by atoms with Crippen LogP contribution in [-0.2, 0) is 0 Å². The van der Waals surface area contributed by atoms with E-state index in [1.807, 2.05) is 0 Å². The van der Waals surface area contributed by atoms with Gasteiger partial charge in [0.15, 0.2) is 5.78 Å². The van der Waals surface area contributed by atoms with Crippen molar-refractivity contribution < 1.29 is 9.18 Å². The van der Waals surface area contributed by atoms with Gasteiger partial charge < -0.3 is 0 Å². The molecule has 1 rings (SSSR count). The predicted octanol–water partition coefficient (Wildman–Crippen LogP) is 3.62. The van der Waals surface area contributed by atoms with E-state index in [-0.39, 0.29) is 11.7 Å². The molecule has 0 fully saturated rings. The zero-order valence-corrected chi connectivity index (χ0v) is 9.87. The fourth-order valence-corrected chi connectivity index (χ4v) is 1.86. The van der Waals surface area contributed by atoms with Crippen molar-refractivity contribution in [3.63, 3.8) is 0 Å². The molecule has 3 heteroatoms. The number of halogens is 1. The lowest BCUT2D eigenvalue weighted by Crippen LogP contribution is -2.15. The van der Waals surface area contributed by atoms with Crippen LogP contribution in [0.3, 0.4) is 0 Å². The molecule has 0 N–H and O–H groups in total. The van der Waals surface area contributed by atoms with Gasteiger partial charge in [0.25, 0.3) is 0 Å². The van der Waals surface area contributed by atoms with Gasteiger partial charge in [-0.3, -0.25) is 4.79 Å². The molecule has 0 radical (unpaired) electrons. The highest BCUT2D eigenvalue weighted by Gasteiger charge is 2.18. The van der Waals surface area contributed by atoms with Crippen LogP contribution in [0.2, 0.25) is 0 Å². The van der Waals surface area contributed by atoms with E-state index in [1.54, 1.807) is 0 Å². The van der Waals surface area contributed by atoms with Gasteiger partial charge in [0, 0.05) is 17.7 Å². The summed E-state index contributed by atoms with van der Waals surface area (Å²) < 4.78 is 12.6. The molecular weight excluding hydrogens is 205 g/mol. The summed E-state index contributed by atoms with van der Waals surface area (Å²) >= 11 is 0. The number of Topliss-reactive ketones (excluding diaryl/α,β-unsaturated/α-hetero) is 1. The Labute approximate surface area is 95.9 Å². The SMILES string of the molecule is CCCC(CCC)C(=O)c1ccc(F)nc1. The molecule has 0 bridgehead atoms. The Hall–Kier alpha value is -1.25. The molecule has 0 aliphatic heterocycles. The second-order valence-electron chi connectivity index (χ2n) is 4.01. The molecular formula is C13H18FNO. The fourth-order valence-electron chi connectivity index (χ4n) is 1.86. The quantitative estimate of drug-likeness (QED) is 0.544. The Morgan fingerprint density at radius 1 is 1.31 bits per heavy atom. The first-order chi connectivity index (χ1) is 7.69. The Kier molecular flexibility index (Phi) is 5.09. The zero-order chi connectivity index (χ0) is 12.0. The summed E-state index contributed by atoms with van der Waals surface area (Å²) in [6.07, 6.45) is 5.10. The number of pyridine rings is 1. The summed E-state index contributed by atoms with van der Waals surface area (Å²) in [5, 5.41) is 0. The zero-order valence-electron chi connectivity index (χ0n) is 9.87. The fraction of sp³-hybridized carbons (Fsp3) is 0.538. The number of carbonyl (C=O) groups is 1. The lowest BCUT2D eigenvalue weighted by Gasteiger charge is -2.13. The number of ketones is 1. The van der Waals surface area contributed by atoms with Crippen LogP contribution in [-0.4, -0.2) is 10.8 Å². The largest absolute Gasteiger partial charge is 0.294 e. The van der Waals surface area contributed by atoms with E-state index in [4.69, 9.17) is 0 Å². The number of nitrogens with zero attached hydrogens (tertiary/aromatic N) is 1. The van der Waals surface area contributed by atoms with Crippen LogP contribution in [0.5, 0.6) is 0 Å². The number of aromatic nitrogens is 1. The summed E-state index contributed by atoms with van der Waals surface area (Å²) in [6.45, 7) is 4.14. The van der Waals surface area contributed by atoms with E-state index in [2.05, 4.69) is 18.8 Å². The van der Waals surface area contributed by atoms with Crippen molar-refractivity contribution in [2.45, 2.75) is 39.5 Å². The molecule has 0 saturated carbocycles. The Balaban J connectivity index is 2.77. The second kappa shape index (κ2) is 6.36. The first kappa shape index (κ1) is 12.8. The molecule has 0 amide bonds. The molecule has 0 spiro atoms. The molecule has 2 nitrogen and oxygen atoms in total. The smallest absolute Gasteiger partial charge is 0.212 e. The van der Waals surface area contributed by atoms with Crippen LogP contribution >= 0.6 is 0 Å². The standard InChI is InChI=1S/C13H18FNO/c1-3-5-10(6-4-2)13(16)11-7-8-12(14)15-9-11/h7-10H,3-6H2,1-2H3.